The predicted molar refractivity (Wildman–Crippen MR) is 49.1 cm³/mol. The van der Waals surface area contributed by atoms with Gasteiger partial charge in [-0.25, -0.2) is 0 Å². The minimum atomic E-state index is -4.66. The molecule has 1 rings (SSSR count). The highest BCUT2D eigenvalue weighted by Crippen LogP contribution is 2.38. The Bertz CT molecular complexity index is 370. The summed E-state index contributed by atoms with van der Waals surface area (Å²) >= 11 is 5.37. The van der Waals surface area contributed by atoms with Crippen LogP contribution in [0.2, 0.25) is 0 Å². The summed E-state index contributed by atoms with van der Waals surface area (Å²) in [6.45, 7) is -3.44. The van der Waals surface area contributed by atoms with Crippen molar-refractivity contribution in [1.29, 1.82) is 0 Å². The van der Waals surface area contributed by atoms with Crippen LogP contribution >= 0.6 is 18.4 Å². The Balaban J connectivity index is 2.68. The molecule has 18 heavy (non-hydrogen) atoms. The number of nitrogens with zero attached hydrogens (tertiary/aromatic N) is 2. The van der Waals surface area contributed by atoms with E-state index >= 15 is 0 Å². The molecule has 0 atom stereocenters. The number of halogens is 7. The Hall–Kier alpha value is -0.890. The summed E-state index contributed by atoms with van der Waals surface area (Å²) in [5, 5.41) is 0. The van der Waals surface area contributed by atoms with E-state index in [1.807, 2.05) is 0 Å². The predicted octanol–water partition coefficient (Wildman–Crippen LogP) is 3.35. The Morgan fingerprint density at radius 2 is 1.22 bits per heavy atom. The van der Waals surface area contributed by atoms with E-state index in [-0.39, 0.29) is 0 Å². The zero-order valence-electron chi connectivity index (χ0n) is 8.22. The SMILES string of the molecule is FC(F)(F)COc1np(Cl)nc1OCC(F)(F)F. The van der Waals surface area contributed by atoms with E-state index in [4.69, 9.17) is 11.2 Å². The molecule has 12 heteroatoms. The molecule has 0 aliphatic rings. The fraction of sp³-hybridized carbons (Fsp3) is 0.667. The lowest BCUT2D eigenvalue weighted by molar-refractivity contribution is -0.159. The molecule has 0 aliphatic carbocycles. The van der Waals surface area contributed by atoms with Crippen LogP contribution in [0.5, 0.6) is 11.8 Å². The topological polar surface area (TPSA) is 44.2 Å². The van der Waals surface area contributed by atoms with Gasteiger partial charge in [0.15, 0.2) is 20.4 Å². The van der Waals surface area contributed by atoms with Crippen LogP contribution in [-0.4, -0.2) is 35.1 Å². The van der Waals surface area contributed by atoms with Gasteiger partial charge in [-0.15, -0.1) is 0 Å². The molecule has 104 valence electrons. The van der Waals surface area contributed by atoms with E-state index in [2.05, 4.69) is 19.0 Å². The van der Waals surface area contributed by atoms with Crippen LogP contribution in [0.15, 0.2) is 0 Å². The third kappa shape index (κ3) is 5.63. The first-order valence-electron chi connectivity index (χ1n) is 4.09. The number of rotatable bonds is 4. The Morgan fingerprint density at radius 1 is 0.889 bits per heavy atom. The van der Waals surface area contributed by atoms with E-state index in [1.54, 1.807) is 0 Å². The first kappa shape index (κ1) is 15.2. The first-order valence-corrected chi connectivity index (χ1v) is 6.25. The van der Waals surface area contributed by atoms with Gasteiger partial charge >= 0.3 is 12.4 Å². The van der Waals surface area contributed by atoms with Crippen LogP contribution in [0.1, 0.15) is 0 Å². The number of hydrogen-bond acceptors (Lipinski definition) is 4. The summed E-state index contributed by atoms with van der Waals surface area (Å²) in [5.41, 5.74) is 0. The van der Waals surface area contributed by atoms with Gasteiger partial charge in [0.25, 0.3) is 11.8 Å². The minimum Gasteiger partial charge on any atom is -0.464 e. The lowest BCUT2D eigenvalue weighted by Crippen LogP contribution is -2.21. The molecule has 0 amide bonds. The monoisotopic (exact) mass is 316 g/mol. The molecule has 1 heterocycles. The van der Waals surface area contributed by atoms with Gasteiger partial charge < -0.3 is 9.47 Å². The summed E-state index contributed by atoms with van der Waals surface area (Å²) in [6.07, 6.45) is -9.31. The standard InChI is InChI=1S/C6H4ClF6N2O2P/c7-18-14-3(16-1-5(8,9)10)4(15-18)17-2-6(11,12)13/h1-2H2. The van der Waals surface area contributed by atoms with Crippen LogP contribution in [-0.2, 0) is 0 Å². The number of ether oxygens (including phenoxy) is 2. The third-order valence-electron chi connectivity index (χ3n) is 1.27. The van der Waals surface area contributed by atoms with Gasteiger partial charge in [-0.1, -0.05) is 0 Å². The zero-order chi connectivity index (χ0) is 14.0. The van der Waals surface area contributed by atoms with Gasteiger partial charge in [0.1, 0.15) is 0 Å². The van der Waals surface area contributed by atoms with Gasteiger partial charge in [0, 0.05) is 0 Å². The van der Waals surface area contributed by atoms with E-state index < -0.39 is 44.5 Å². The highest BCUT2D eigenvalue weighted by atomic mass is 35.7. The van der Waals surface area contributed by atoms with Crippen LogP contribution in [0.3, 0.4) is 0 Å². The van der Waals surface area contributed by atoms with E-state index in [0.717, 1.165) is 0 Å². The Kier molecular flexibility index (Phi) is 4.55. The molecular formula is C6H4ClF6N2O2P. The molecule has 0 aliphatic heterocycles. The zero-order valence-corrected chi connectivity index (χ0v) is 9.87. The van der Waals surface area contributed by atoms with Crippen molar-refractivity contribution in [3.8, 4) is 11.8 Å². The summed E-state index contributed by atoms with van der Waals surface area (Å²) in [7, 11) is -1.97. The van der Waals surface area contributed by atoms with Crippen molar-refractivity contribution < 1.29 is 35.8 Å². The highest BCUT2D eigenvalue weighted by molar-refractivity contribution is 7.71. The second-order valence-electron chi connectivity index (χ2n) is 2.86. The molecule has 0 saturated heterocycles. The molecule has 0 fully saturated rings. The van der Waals surface area contributed by atoms with E-state index in [1.165, 1.54) is 0 Å². The van der Waals surface area contributed by atoms with Gasteiger partial charge in [-0.05, 0) is 11.2 Å². The lowest BCUT2D eigenvalue weighted by Gasteiger charge is -2.09. The highest BCUT2D eigenvalue weighted by Gasteiger charge is 2.32. The lowest BCUT2D eigenvalue weighted by atomic mass is 10.6. The quantitative estimate of drug-likeness (QED) is 0.799. The summed E-state index contributed by atoms with van der Waals surface area (Å²) in [5.74, 6) is -1.56. The smallest absolute Gasteiger partial charge is 0.422 e. The van der Waals surface area contributed by atoms with Gasteiger partial charge in [0.2, 0.25) is 0 Å². The Labute approximate surface area is 102 Å². The second-order valence-corrected chi connectivity index (χ2v) is 4.65. The molecule has 0 radical (unpaired) electrons. The molecule has 0 N–H and O–H groups in total. The van der Waals surface area contributed by atoms with Crippen LogP contribution in [0.4, 0.5) is 26.3 Å². The summed E-state index contributed by atoms with van der Waals surface area (Å²) in [6, 6.07) is 0. The maximum absolute atomic E-state index is 11.8. The third-order valence-corrected chi connectivity index (χ3v) is 2.42. The van der Waals surface area contributed by atoms with Crippen molar-refractivity contribution in [3.63, 3.8) is 0 Å². The fourth-order valence-electron chi connectivity index (χ4n) is 0.739. The average Bonchev–Trinajstić information content (AvgIpc) is 2.51. The van der Waals surface area contributed by atoms with Gasteiger partial charge in [0.05, 0.1) is 0 Å². The fourth-order valence-corrected chi connectivity index (χ4v) is 1.78. The number of hydrogen-bond donors (Lipinski definition) is 0. The number of aromatic nitrogens is 2. The second kappa shape index (κ2) is 5.40. The molecule has 0 spiro atoms. The summed E-state index contributed by atoms with van der Waals surface area (Å²) in [4.78, 5) is 0. The summed E-state index contributed by atoms with van der Waals surface area (Å²) < 4.78 is 85.9. The van der Waals surface area contributed by atoms with Crippen molar-refractivity contribution in [3.05, 3.63) is 0 Å². The maximum Gasteiger partial charge on any atom is 0.422 e. The average molecular weight is 317 g/mol. The van der Waals surface area contributed by atoms with Crippen molar-refractivity contribution in [2.45, 2.75) is 12.4 Å². The van der Waals surface area contributed by atoms with Gasteiger partial charge in [-0.3, -0.25) is 0 Å². The molecule has 0 bridgehead atoms. The molecule has 1 aromatic heterocycles. The molecule has 0 unspecified atom stereocenters. The van der Waals surface area contributed by atoms with Crippen molar-refractivity contribution in [2.24, 2.45) is 0 Å². The first-order chi connectivity index (χ1) is 8.07. The van der Waals surface area contributed by atoms with E-state index in [0.29, 0.717) is 0 Å². The molecule has 4 nitrogen and oxygen atoms in total. The minimum absolute atomic E-state index is 0.780. The van der Waals surface area contributed by atoms with Crippen molar-refractivity contribution in [2.75, 3.05) is 13.2 Å². The Morgan fingerprint density at radius 3 is 1.50 bits per heavy atom. The largest absolute Gasteiger partial charge is 0.464 e. The van der Waals surface area contributed by atoms with E-state index in [9.17, 15) is 26.3 Å². The van der Waals surface area contributed by atoms with Crippen LogP contribution in [0.25, 0.3) is 0 Å². The number of alkyl halides is 6. The van der Waals surface area contributed by atoms with Crippen molar-refractivity contribution >= 4 is 18.4 Å². The molecule has 1 aromatic rings. The normalized spacial score (nSPS) is 12.6. The maximum atomic E-state index is 11.8. The van der Waals surface area contributed by atoms with Gasteiger partial charge in [-0.2, -0.15) is 35.8 Å². The van der Waals surface area contributed by atoms with Crippen LogP contribution in [0, 0.1) is 0 Å². The molecular weight excluding hydrogens is 312 g/mol. The van der Waals surface area contributed by atoms with Crippen molar-refractivity contribution in [1.82, 2.24) is 9.49 Å². The molecule has 0 aromatic carbocycles. The van der Waals surface area contributed by atoms with Crippen LogP contribution < -0.4 is 9.47 Å². The molecule has 0 saturated carbocycles.